The van der Waals surface area contributed by atoms with Crippen molar-refractivity contribution in [3.8, 4) is 11.3 Å². The number of nitrogens with one attached hydrogen (secondary N) is 3. The van der Waals surface area contributed by atoms with Crippen LogP contribution in [0.3, 0.4) is 0 Å². The molecule has 0 unspecified atom stereocenters. The molecule has 0 aliphatic heterocycles. The minimum Gasteiger partial charge on any atom is -0.354 e. The lowest BCUT2D eigenvalue weighted by atomic mass is 9.98. The smallest absolute Gasteiger partial charge is 0.253 e. The summed E-state index contributed by atoms with van der Waals surface area (Å²) in [5.74, 6) is 0.0708. The fourth-order valence-electron chi connectivity index (χ4n) is 5.57. The molecular formula is C34H44N4O3S. The Balaban J connectivity index is 1.42. The van der Waals surface area contributed by atoms with Gasteiger partial charge in [-0.25, -0.2) is 8.42 Å². The van der Waals surface area contributed by atoms with E-state index in [1.165, 1.54) is 27.8 Å². The Kier molecular flexibility index (Phi) is 10.5. The first-order chi connectivity index (χ1) is 20.1. The minimum absolute atomic E-state index is 0.0708. The summed E-state index contributed by atoms with van der Waals surface area (Å²) in [6, 6.07) is 20.2. The first-order valence-electron chi connectivity index (χ1n) is 14.9. The van der Waals surface area contributed by atoms with E-state index in [4.69, 9.17) is 0 Å². The van der Waals surface area contributed by atoms with Crippen LogP contribution in [-0.2, 0) is 22.9 Å². The van der Waals surface area contributed by atoms with Crippen molar-refractivity contribution in [1.82, 2.24) is 15.2 Å². The number of unbranched alkanes of at least 4 members (excludes halogenated alkanes) is 1. The third-order valence-corrected chi connectivity index (χ3v) is 8.20. The van der Waals surface area contributed by atoms with Gasteiger partial charge in [0.1, 0.15) is 0 Å². The maximum absolute atomic E-state index is 13.1. The molecule has 0 bridgehead atoms. The number of carbonyl (C=O) groups is 1. The Morgan fingerprint density at radius 3 is 2.19 bits per heavy atom. The molecule has 3 N–H and O–H groups in total. The van der Waals surface area contributed by atoms with Crippen molar-refractivity contribution in [3.05, 3.63) is 88.5 Å². The van der Waals surface area contributed by atoms with Crippen LogP contribution in [0.25, 0.3) is 22.2 Å². The number of amides is 1. The van der Waals surface area contributed by atoms with Crippen LogP contribution in [0.4, 0.5) is 5.69 Å². The number of aromatic amines is 1. The first kappa shape index (κ1) is 31.3. The second-order valence-corrected chi connectivity index (χ2v) is 12.9. The molecule has 0 saturated heterocycles. The van der Waals surface area contributed by atoms with Crippen molar-refractivity contribution in [2.45, 2.75) is 53.4 Å². The summed E-state index contributed by atoms with van der Waals surface area (Å²) < 4.78 is 25.3. The average Bonchev–Trinajstić information content (AvgIpc) is 3.30. The maximum Gasteiger partial charge on any atom is 0.253 e. The number of anilines is 1. The van der Waals surface area contributed by atoms with Crippen molar-refractivity contribution in [3.63, 3.8) is 0 Å². The Morgan fingerprint density at radius 1 is 0.857 bits per heavy atom. The fraction of sp³-hybridized carbons (Fsp3) is 0.382. The van der Waals surface area contributed by atoms with Crippen LogP contribution in [0, 0.1) is 13.8 Å². The van der Waals surface area contributed by atoms with E-state index in [2.05, 4.69) is 53.1 Å². The van der Waals surface area contributed by atoms with Crippen molar-refractivity contribution in [1.29, 1.82) is 0 Å². The number of aryl methyl sites for hydroxylation is 3. The van der Waals surface area contributed by atoms with Crippen LogP contribution in [0.2, 0.25) is 0 Å². The van der Waals surface area contributed by atoms with Gasteiger partial charge in [0.25, 0.3) is 5.91 Å². The topological polar surface area (TPSA) is 94.3 Å². The quantitative estimate of drug-likeness (QED) is 0.147. The predicted molar refractivity (Wildman–Crippen MR) is 175 cm³/mol. The standard InChI is InChI=1S/C34H44N4O3S/c1-6-38(7-2)34(39)27-13-16-32-31(23-27)30(33(36-32)28-21-24(3)20-25(4)22-28)17-19-35-18-9-8-10-26-11-14-29(15-12-26)37-42(5,40)41/h11-16,20-23,35-37H,6-10,17-19H2,1-5H3. The monoisotopic (exact) mass is 588 g/mol. The van der Waals surface area contributed by atoms with E-state index in [0.29, 0.717) is 18.8 Å². The van der Waals surface area contributed by atoms with Gasteiger partial charge in [0.05, 0.1) is 6.26 Å². The molecule has 0 atom stereocenters. The zero-order valence-corrected chi connectivity index (χ0v) is 26.3. The SMILES string of the molecule is CCN(CC)C(=O)c1ccc2[nH]c(-c3cc(C)cc(C)c3)c(CCNCCCCc3ccc(NS(C)(=O)=O)cc3)c2c1. The Morgan fingerprint density at radius 2 is 1.55 bits per heavy atom. The third-order valence-electron chi connectivity index (χ3n) is 7.59. The fourth-order valence-corrected chi connectivity index (χ4v) is 6.13. The van der Waals surface area contributed by atoms with E-state index in [1.54, 1.807) is 0 Å². The normalized spacial score (nSPS) is 11.6. The van der Waals surface area contributed by atoms with Gasteiger partial charge in [-0.15, -0.1) is 0 Å². The molecule has 4 aromatic rings. The highest BCUT2D eigenvalue weighted by Crippen LogP contribution is 2.33. The van der Waals surface area contributed by atoms with E-state index in [0.717, 1.165) is 67.2 Å². The molecule has 0 aliphatic rings. The number of aromatic nitrogens is 1. The van der Waals surface area contributed by atoms with Gasteiger partial charge in [0.15, 0.2) is 0 Å². The summed E-state index contributed by atoms with van der Waals surface area (Å²) in [6.07, 6.45) is 5.04. The second kappa shape index (κ2) is 14.0. The average molecular weight is 589 g/mol. The van der Waals surface area contributed by atoms with Gasteiger partial charge in [-0.1, -0.05) is 29.3 Å². The molecule has 42 heavy (non-hydrogen) atoms. The summed E-state index contributed by atoms with van der Waals surface area (Å²) in [7, 11) is -3.26. The van der Waals surface area contributed by atoms with E-state index in [9.17, 15) is 13.2 Å². The highest BCUT2D eigenvalue weighted by Gasteiger charge is 2.18. The first-order valence-corrected chi connectivity index (χ1v) is 16.8. The van der Waals surface area contributed by atoms with Crippen LogP contribution in [0.1, 0.15) is 59.3 Å². The van der Waals surface area contributed by atoms with Crippen molar-refractivity contribution < 1.29 is 13.2 Å². The van der Waals surface area contributed by atoms with Crippen molar-refractivity contribution >= 4 is 32.5 Å². The Bertz CT molecular complexity index is 1600. The minimum atomic E-state index is -3.26. The lowest BCUT2D eigenvalue weighted by molar-refractivity contribution is 0.0773. The molecule has 224 valence electrons. The molecule has 0 saturated carbocycles. The number of H-pyrrole nitrogens is 1. The van der Waals surface area contributed by atoms with Crippen molar-refractivity contribution in [2.24, 2.45) is 0 Å². The lowest BCUT2D eigenvalue weighted by Crippen LogP contribution is -2.30. The van der Waals surface area contributed by atoms with Crippen LogP contribution in [0.15, 0.2) is 60.7 Å². The van der Waals surface area contributed by atoms with E-state index < -0.39 is 10.0 Å². The molecule has 1 amide bonds. The maximum atomic E-state index is 13.1. The number of hydrogen-bond donors (Lipinski definition) is 3. The largest absolute Gasteiger partial charge is 0.354 e. The highest BCUT2D eigenvalue weighted by atomic mass is 32.2. The molecule has 1 heterocycles. The molecule has 8 heteroatoms. The molecule has 7 nitrogen and oxygen atoms in total. The van der Waals surface area contributed by atoms with Gasteiger partial charge in [-0.3, -0.25) is 9.52 Å². The molecular weight excluding hydrogens is 544 g/mol. The lowest BCUT2D eigenvalue weighted by Gasteiger charge is -2.18. The summed E-state index contributed by atoms with van der Waals surface area (Å²) in [6.45, 7) is 11.4. The van der Waals surface area contributed by atoms with Gasteiger partial charge in [0, 0.05) is 40.9 Å². The number of rotatable bonds is 14. The van der Waals surface area contributed by atoms with Crippen molar-refractivity contribution in [2.75, 3.05) is 37.2 Å². The summed E-state index contributed by atoms with van der Waals surface area (Å²) >= 11 is 0. The molecule has 0 fully saturated rings. The second-order valence-electron chi connectivity index (χ2n) is 11.1. The zero-order valence-electron chi connectivity index (χ0n) is 25.5. The summed E-state index contributed by atoms with van der Waals surface area (Å²) in [4.78, 5) is 18.7. The number of sulfonamides is 1. The van der Waals surface area contributed by atoms with Crippen LogP contribution >= 0.6 is 0 Å². The zero-order chi connectivity index (χ0) is 30.3. The molecule has 0 spiro atoms. The van der Waals surface area contributed by atoms with Gasteiger partial charge in [-0.05, 0) is 126 Å². The summed E-state index contributed by atoms with van der Waals surface area (Å²) in [5, 5.41) is 4.73. The third kappa shape index (κ3) is 8.23. The van der Waals surface area contributed by atoms with Gasteiger partial charge < -0.3 is 15.2 Å². The molecule has 0 aliphatic carbocycles. The van der Waals surface area contributed by atoms with Gasteiger partial charge >= 0.3 is 0 Å². The Hall–Kier alpha value is -3.62. The number of benzene rings is 3. The molecule has 1 aromatic heterocycles. The highest BCUT2D eigenvalue weighted by molar-refractivity contribution is 7.92. The van der Waals surface area contributed by atoms with E-state index in [-0.39, 0.29) is 5.91 Å². The number of hydrogen-bond acceptors (Lipinski definition) is 4. The van der Waals surface area contributed by atoms with Crippen LogP contribution in [-0.4, -0.2) is 56.6 Å². The number of fused-ring (bicyclic) bond motifs is 1. The Labute approximate surface area is 250 Å². The van der Waals surface area contributed by atoms with Gasteiger partial charge in [0.2, 0.25) is 10.0 Å². The van der Waals surface area contributed by atoms with Crippen LogP contribution < -0.4 is 10.0 Å². The predicted octanol–water partition coefficient (Wildman–Crippen LogP) is 6.46. The number of carbonyl (C=O) groups excluding carboxylic acids is 1. The molecule has 0 radical (unpaired) electrons. The molecule has 3 aromatic carbocycles. The molecule has 4 rings (SSSR count). The summed E-state index contributed by atoms with van der Waals surface area (Å²) in [5.41, 5.74) is 9.55. The number of nitrogens with zero attached hydrogens (tertiary/aromatic N) is 1. The van der Waals surface area contributed by atoms with E-state index >= 15 is 0 Å². The van der Waals surface area contributed by atoms with E-state index in [1.807, 2.05) is 55.1 Å². The van der Waals surface area contributed by atoms with Crippen LogP contribution in [0.5, 0.6) is 0 Å². The van der Waals surface area contributed by atoms with Gasteiger partial charge in [-0.2, -0.15) is 0 Å².